The Bertz CT molecular complexity index is 1000. The molecule has 0 saturated carbocycles. The van der Waals surface area contributed by atoms with Crippen LogP contribution in [-0.4, -0.2) is 26.3 Å². The quantitative estimate of drug-likeness (QED) is 0.544. The molecule has 0 spiro atoms. The van der Waals surface area contributed by atoms with Gasteiger partial charge in [0.25, 0.3) is 5.91 Å². The molecule has 6 heteroatoms. The minimum Gasteiger partial charge on any atom is -0.346 e. The van der Waals surface area contributed by atoms with Crippen LogP contribution in [0.2, 0.25) is 0 Å². The number of rotatable bonds is 3. The number of aromatic nitrogens is 4. The first kappa shape index (κ1) is 13.5. The maximum atomic E-state index is 12.4. The second-order valence-corrected chi connectivity index (χ2v) is 5.58. The number of hydrogen-bond acceptors (Lipinski definition) is 3. The van der Waals surface area contributed by atoms with Gasteiger partial charge in [0.2, 0.25) is 0 Å². The van der Waals surface area contributed by atoms with Gasteiger partial charge in [-0.3, -0.25) is 15.0 Å². The van der Waals surface area contributed by atoms with Crippen LogP contribution >= 0.6 is 0 Å². The van der Waals surface area contributed by atoms with Gasteiger partial charge in [0.15, 0.2) is 0 Å². The third-order valence-corrected chi connectivity index (χ3v) is 4.01. The van der Waals surface area contributed by atoms with Crippen molar-refractivity contribution in [1.82, 2.24) is 25.7 Å². The van der Waals surface area contributed by atoms with E-state index in [9.17, 15) is 4.79 Å². The first-order chi connectivity index (χ1) is 11.2. The number of nitrogens with one attached hydrogen (secondary N) is 3. The molecule has 0 fully saturated rings. The Balaban J connectivity index is 1.56. The summed E-state index contributed by atoms with van der Waals surface area (Å²) >= 11 is 0. The molecule has 1 unspecified atom stereocenters. The van der Waals surface area contributed by atoms with Crippen LogP contribution < -0.4 is 5.32 Å². The molecule has 114 valence electrons. The van der Waals surface area contributed by atoms with Crippen molar-refractivity contribution in [3.8, 4) is 0 Å². The van der Waals surface area contributed by atoms with E-state index in [-0.39, 0.29) is 11.9 Å². The third-order valence-electron chi connectivity index (χ3n) is 4.01. The van der Waals surface area contributed by atoms with Gasteiger partial charge in [0, 0.05) is 16.3 Å². The molecule has 0 bridgehead atoms. The predicted octanol–water partition coefficient (Wildman–Crippen LogP) is 2.93. The average molecular weight is 305 g/mol. The van der Waals surface area contributed by atoms with Crippen LogP contribution in [0.5, 0.6) is 0 Å². The lowest BCUT2D eigenvalue weighted by atomic mass is 10.1. The number of nitrogens with zero attached hydrogens (tertiary/aromatic N) is 2. The molecule has 4 rings (SSSR count). The molecule has 0 radical (unpaired) electrons. The molecular formula is C17H15N5O. The van der Waals surface area contributed by atoms with Crippen molar-refractivity contribution in [3.63, 3.8) is 0 Å². The second-order valence-electron chi connectivity index (χ2n) is 5.58. The van der Waals surface area contributed by atoms with E-state index >= 15 is 0 Å². The Morgan fingerprint density at radius 1 is 1.00 bits per heavy atom. The molecule has 0 aliphatic rings. The summed E-state index contributed by atoms with van der Waals surface area (Å²) in [4.78, 5) is 12.4. The summed E-state index contributed by atoms with van der Waals surface area (Å²) in [7, 11) is 0. The molecule has 6 nitrogen and oxygen atoms in total. The Labute approximate surface area is 131 Å². The number of aromatic amines is 2. The maximum absolute atomic E-state index is 12.4. The highest BCUT2D eigenvalue weighted by Gasteiger charge is 2.13. The van der Waals surface area contributed by atoms with Gasteiger partial charge < -0.3 is 5.32 Å². The van der Waals surface area contributed by atoms with Crippen molar-refractivity contribution in [2.75, 3.05) is 0 Å². The monoisotopic (exact) mass is 305 g/mol. The van der Waals surface area contributed by atoms with Gasteiger partial charge in [0.05, 0.1) is 29.5 Å². The number of H-pyrrole nitrogens is 2. The van der Waals surface area contributed by atoms with Crippen molar-refractivity contribution in [1.29, 1.82) is 0 Å². The minimum absolute atomic E-state index is 0.0955. The van der Waals surface area contributed by atoms with Crippen LogP contribution in [-0.2, 0) is 0 Å². The molecule has 3 N–H and O–H groups in total. The van der Waals surface area contributed by atoms with Gasteiger partial charge in [-0.05, 0) is 42.8 Å². The molecule has 0 aliphatic heterocycles. The summed E-state index contributed by atoms with van der Waals surface area (Å²) in [6.45, 7) is 1.97. The van der Waals surface area contributed by atoms with Crippen molar-refractivity contribution in [2.24, 2.45) is 0 Å². The van der Waals surface area contributed by atoms with Crippen LogP contribution in [0.15, 0.2) is 48.8 Å². The predicted molar refractivity (Wildman–Crippen MR) is 88.1 cm³/mol. The van der Waals surface area contributed by atoms with Gasteiger partial charge in [-0.15, -0.1) is 0 Å². The summed E-state index contributed by atoms with van der Waals surface area (Å²) in [6, 6.07) is 11.4. The number of hydrogen-bond donors (Lipinski definition) is 3. The van der Waals surface area contributed by atoms with Gasteiger partial charge in [-0.2, -0.15) is 10.2 Å². The standard InChI is InChI=1S/C17H15N5O/c1-10(11-2-4-15-13(6-11)8-18-21-15)20-17(23)12-3-5-16-14(7-12)9-19-22-16/h2-10H,1H3,(H,18,21)(H,19,22)(H,20,23). The Morgan fingerprint density at radius 2 is 1.65 bits per heavy atom. The Kier molecular flexibility index (Phi) is 3.08. The number of amides is 1. The van der Waals surface area contributed by atoms with Crippen LogP contribution in [0.4, 0.5) is 0 Å². The highest BCUT2D eigenvalue weighted by molar-refractivity contribution is 5.98. The highest BCUT2D eigenvalue weighted by Crippen LogP contribution is 2.19. The Hall–Kier alpha value is -3.15. The van der Waals surface area contributed by atoms with Crippen molar-refractivity contribution in [2.45, 2.75) is 13.0 Å². The lowest BCUT2D eigenvalue weighted by molar-refractivity contribution is 0.0940. The summed E-state index contributed by atoms with van der Waals surface area (Å²) in [5.41, 5.74) is 3.56. The van der Waals surface area contributed by atoms with E-state index in [1.165, 1.54) is 0 Å². The molecule has 23 heavy (non-hydrogen) atoms. The van der Waals surface area contributed by atoms with Crippen LogP contribution in [0.25, 0.3) is 21.8 Å². The van der Waals surface area contributed by atoms with Crippen LogP contribution in [0.1, 0.15) is 28.9 Å². The molecule has 2 aromatic heterocycles. The van der Waals surface area contributed by atoms with Crippen molar-refractivity contribution < 1.29 is 4.79 Å². The normalized spacial score (nSPS) is 12.6. The second kappa shape index (κ2) is 5.24. The fourth-order valence-electron chi connectivity index (χ4n) is 2.68. The zero-order chi connectivity index (χ0) is 15.8. The first-order valence-corrected chi connectivity index (χ1v) is 7.38. The van der Waals surface area contributed by atoms with E-state index < -0.39 is 0 Å². The number of carbonyl (C=O) groups excluding carboxylic acids is 1. The lowest BCUT2D eigenvalue weighted by Gasteiger charge is -2.14. The maximum Gasteiger partial charge on any atom is 0.251 e. The van der Waals surface area contributed by atoms with E-state index in [1.807, 2.05) is 37.3 Å². The van der Waals surface area contributed by atoms with Crippen molar-refractivity contribution in [3.05, 3.63) is 59.9 Å². The summed E-state index contributed by atoms with van der Waals surface area (Å²) in [6.07, 6.45) is 3.49. The molecule has 2 heterocycles. The summed E-state index contributed by atoms with van der Waals surface area (Å²) in [5.74, 6) is -0.104. The van der Waals surface area contributed by atoms with Crippen molar-refractivity contribution >= 4 is 27.7 Å². The zero-order valence-corrected chi connectivity index (χ0v) is 12.5. The topological polar surface area (TPSA) is 86.5 Å². The molecule has 2 aromatic carbocycles. The molecule has 0 aliphatic carbocycles. The third kappa shape index (κ3) is 2.44. The fraction of sp³-hybridized carbons (Fsp3) is 0.118. The lowest BCUT2D eigenvalue weighted by Crippen LogP contribution is -2.26. The fourth-order valence-corrected chi connectivity index (χ4v) is 2.68. The number of carbonyl (C=O) groups is 1. The first-order valence-electron chi connectivity index (χ1n) is 7.38. The van der Waals surface area contributed by atoms with Crippen LogP contribution in [0.3, 0.4) is 0 Å². The van der Waals surface area contributed by atoms with Crippen LogP contribution in [0, 0.1) is 0 Å². The van der Waals surface area contributed by atoms with E-state index in [0.717, 1.165) is 27.4 Å². The summed E-state index contributed by atoms with van der Waals surface area (Å²) in [5, 5.41) is 18.8. The van der Waals surface area contributed by atoms with E-state index in [0.29, 0.717) is 5.56 Å². The average Bonchev–Trinajstić information content (AvgIpc) is 3.21. The highest BCUT2D eigenvalue weighted by atomic mass is 16.1. The molecule has 4 aromatic rings. The minimum atomic E-state index is -0.104. The van der Waals surface area contributed by atoms with Gasteiger partial charge in [0.1, 0.15) is 0 Å². The van der Waals surface area contributed by atoms with E-state index in [1.54, 1.807) is 18.5 Å². The molecule has 1 amide bonds. The molecular weight excluding hydrogens is 290 g/mol. The zero-order valence-electron chi connectivity index (χ0n) is 12.5. The largest absolute Gasteiger partial charge is 0.346 e. The van der Waals surface area contributed by atoms with Gasteiger partial charge in [-0.1, -0.05) is 6.07 Å². The SMILES string of the molecule is CC(NC(=O)c1ccc2[nH]ncc2c1)c1ccc2[nH]ncc2c1. The van der Waals surface area contributed by atoms with Gasteiger partial charge in [-0.25, -0.2) is 0 Å². The molecule has 1 atom stereocenters. The smallest absolute Gasteiger partial charge is 0.251 e. The molecule has 0 saturated heterocycles. The summed E-state index contributed by atoms with van der Waals surface area (Å²) < 4.78 is 0. The Morgan fingerprint density at radius 3 is 2.39 bits per heavy atom. The van der Waals surface area contributed by atoms with E-state index in [4.69, 9.17) is 0 Å². The number of fused-ring (bicyclic) bond motifs is 2. The number of benzene rings is 2. The van der Waals surface area contributed by atoms with E-state index in [2.05, 4.69) is 25.7 Å². The van der Waals surface area contributed by atoms with Gasteiger partial charge >= 0.3 is 0 Å².